The predicted molar refractivity (Wildman–Crippen MR) is 101 cm³/mol. The monoisotopic (exact) mass is 438 g/mol. The van der Waals surface area contributed by atoms with Gasteiger partial charge in [-0.05, 0) is 55.5 Å². The number of benzene rings is 2. The van der Waals surface area contributed by atoms with Crippen LogP contribution in [-0.2, 0) is 4.79 Å². The van der Waals surface area contributed by atoms with E-state index >= 15 is 0 Å². The molecule has 0 aliphatic rings. The highest BCUT2D eigenvalue weighted by Crippen LogP contribution is 2.14. The van der Waals surface area contributed by atoms with Crippen LogP contribution >= 0.6 is 31.9 Å². The van der Waals surface area contributed by atoms with Crippen molar-refractivity contribution in [3.05, 3.63) is 57.5 Å². The minimum absolute atomic E-state index is 0.160. The van der Waals surface area contributed by atoms with Crippen LogP contribution in [0.2, 0.25) is 0 Å². The molecule has 2 aromatic carbocycles. The average Bonchev–Trinajstić information content (AvgIpc) is 2.54. The molecular weight excluding hydrogens is 424 g/mol. The lowest BCUT2D eigenvalue weighted by Crippen LogP contribution is -2.30. The minimum Gasteiger partial charge on any atom is -0.299 e. The normalized spacial score (nSPS) is 11.0. The molecule has 0 unspecified atom stereocenters. The summed E-state index contributed by atoms with van der Waals surface area (Å²) in [5, 5.41) is 4.19. The van der Waals surface area contributed by atoms with E-state index in [-0.39, 0.29) is 12.3 Å². The Morgan fingerprint density at radius 3 is 2.04 bits per heavy atom. The van der Waals surface area contributed by atoms with Crippen molar-refractivity contribution in [1.82, 2.24) is 5.43 Å². The van der Waals surface area contributed by atoms with Gasteiger partial charge in [0.25, 0.3) is 0 Å². The molecule has 0 radical (unpaired) electrons. The first-order chi connectivity index (χ1) is 11.0. The molecule has 0 fully saturated rings. The zero-order valence-electron chi connectivity index (χ0n) is 12.4. The number of nitrogens with zero attached hydrogens (tertiary/aromatic N) is 1. The Hall–Kier alpha value is -1.86. The summed E-state index contributed by atoms with van der Waals surface area (Å²) in [5.74, 6) is -0.160. The molecule has 5 nitrogen and oxygen atoms in total. The van der Waals surface area contributed by atoms with Crippen molar-refractivity contribution in [3.8, 4) is 0 Å². The molecule has 0 aromatic heterocycles. The Kier molecular flexibility index (Phi) is 6.61. The lowest BCUT2D eigenvalue weighted by molar-refractivity contribution is -0.119. The van der Waals surface area contributed by atoms with E-state index < -0.39 is 0 Å². The third-order valence-electron chi connectivity index (χ3n) is 2.83. The number of hydrogen-bond acceptors (Lipinski definition) is 4. The molecule has 1 amide bonds. The molecule has 0 saturated heterocycles. The number of carbonyl (C=O) groups excluding carboxylic acids is 1. The summed E-state index contributed by atoms with van der Waals surface area (Å²) in [4.78, 5) is 11.9. The number of amides is 1. The third-order valence-corrected chi connectivity index (χ3v) is 3.88. The van der Waals surface area contributed by atoms with Crippen LogP contribution in [0.1, 0.15) is 13.3 Å². The Bertz CT molecular complexity index is 684. The maximum Gasteiger partial charge on any atom is 0.244 e. The fourth-order valence-electron chi connectivity index (χ4n) is 1.68. The van der Waals surface area contributed by atoms with Gasteiger partial charge in [0.1, 0.15) is 0 Å². The smallest absolute Gasteiger partial charge is 0.244 e. The highest BCUT2D eigenvalue weighted by atomic mass is 79.9. The molecule has 0 heterocycles. The summed E-state index contributed by atoms with van der Waals surface area (Å²) in [7, 11) is 0. The minimum atomic E-state index is -0.160. The van der Waals surface area contributed by atoms with Crippen LogP contribution in [0.4, 0.5) is 11.4 Å². The van der Waals surface area contributed by atoms with Crippen LogP contribution in [0, 0.1) is 0 Å². The molecule has 120 valence electrons. The van der Waals surface area contributed by atoms with Gasteiger partial charge in [-0.3, -0.25) is 21.1 Å². The van der Waals surface area contributed by atoms with Gasteiger partial charge in [-0.1, -0.05) is 31.9 Å². The van der Waals surface area contributed by atoms with Crippen molar-refractivity contribution in [2.45, 2.75) is 13.3 Å². The van der Waals surface area contributed by atoms with Gasteiger partial charge >= 0.3 is 0 Å². The van der Waals surface area contributed by atoms with E-state index in [9.17, 15) is 4.79 Å². The number of halogens is 2. The standard InChI is InChI=1S/C16H16Br2N4O/c1-11(19-20-14-6-2-12(17)3-7-14)10-16(23)22-21-15-8-4-13(18)5-9-15/h2-9,20-21H,10H2,1H3,(H,22,23)/b19-11-. The molecule has 2 aromatic rings. The zero-order valence-corrected chi connectivity index (χ0v) is 15.6. The molecular formula is C16H16Br2N4O. The van der Waals surface area contributed by atoms with Gasteiger partial charge in [0.15, 0.2) is 0 Å². The first-order valence-corrected chi connectivity index (χ1v) is 8.47. The Morgan fingerprint density at radius 1 is 0.957 bits per heavy atom. The summed E-state index contributed by atoms with van der Waals surface area (Å²) in [6, 6.07) is 15.1. The number of hydrazine groups is 1. The topological polar surface area (TPSA) is 65.5 Å². The lowest BCUT2D eigenvalue weighted by Gasteiger charge is -2.08. The highest BCUT2D eigenvalue weighted by Gasteiger charge is 2.03. The maximum absolute atomic E-state index is 11.9. The van der Waals surface area contributed by atoms with Crippen molar-refractivity contribution >= 4 is 54.9 Å². The van der Waals surface area contributed by atoms with Gasteiger partial charge in [-0.25, -0.2) is 0 Å². The number of nitrogens with one attached hydrogen (secondary N) is 3. The number of hydrazone groups is 1. The van der Waals surface area contributed by atoms with E-state index in [4.69, 9.17) is 0 Å². The van der Waals surface area contributed by atoms with Crippen LogP contribution in [0.15, 0.2) is 62.6 Å². The van der Waals surface area contributed by atoms with E-state index in [1.165, 1.54) is 0 Å². The van der Waals surface area contributed by atoms with Crippen molar-refractivity contribution in [1.29, 1.82) is 0 Å². The molecule has 0 saturated carbocycles. The first kappa shape index (κ1) is 17.5. The average molecular weight is 440 g/mol. The highest BCUT2D eigenvalue weighted by molar-refractivity contribution is 9.10. The Labute approximate surface area is 151 Å². The number of rotatable bonds is 6. The van der Waals surface area contributed by atoms with Crippen LogP contribution in [0.5, 0.6) is 0 Å². The number of anilines is 2. The van der Waals surface area contributed by atoms with Gasteiger partial charge in [0, 0.05) is 14.7 Å². The van der Waals surface area contributed by atoms with E-state index in [0.29, 0.717) is 5.71 Å². The van der Waals surface area contributed by atoms with Gasteiger partial charge in [0.05, 0.1) is 17.8 Å². The summed E-state index contributed by atoms with van der Waals surface area (Å²) in [6.07, 6.45) is 0.201. The summed E-state index contributed by atoms with van der Waals surface area (Å²) in [6.45, 7) is 1.80. The van der Waals surface area contributed by atoms with E-state index in [1.807, 2.05) is 48.5 Å². The molecule has 0 aliphatic carbocycles. The second-order valence-electron chi connectivity index (χ2n) is 4.82. The summed E-state index contributed by atoms with van der Waals surface area (Å²) in [5.41, 5.74) is 10.8. The SMILES string of the molecule is C/C(CC(=O)NNc1ccc(Br)cc1)=N/Nc1ccc(Br)cc1. The second-order valence-corrected chi connectivity index (χ2v) is 6.65. The van der Waals surface area contributed by atoms with Crippen molar-refractivity contribution in [2.75, 3.05) is 10.9 Å². The van der Waals surface area contributed by atoms with Crippen LogP contribution in [0.25, 0.3) is 0 Å². The van der Waals surface area contributed by atoms with E-state index in [2.05, 4.69) is 53.2 Å². The number of hydrogen-bond donors (Lipinski definition) is 3. The zero-order chi connectivity index (χ0) is 16.7. The Balaban J connectivity index is 1.78. The van der Waals surface area contributed by atoms with Crippen molar-refractivity contribution < 1.29 is 4.79 Å². The predicted octanol–water partition coefficient (Wildman–Crippen LogP) is 4.53. The molecule has 7 heteroatoms. The number of carbonyl (C=O) groups is 1. The molecule has 2 rings (SSSR count). The van der Waals surface area contributed by atoms with Gasteiger partial charge < -0.3 is 0 Å². The summed E-state index contributed by atoms with van der Waals surface area (Å²) >= 11 is 6.73. The largest absolute Gasteiger partial charge is 0.299 e. The second kappa shape index (κ2) is 8.69. The quantitative estimate of drug-likeness (QED) is 0.457. The molecule has 0 atom stereocenters. The molecule has 23 heavy (non-hydrogen) atoms. The van der Waals surface area contributed by atoms with Crippen molar-refractivity contribution in [2.24, 2.45) is 5.10 Å². The van der Waals surface area contributed by atoms with Crippen LogP contribution in [0.3, 0.4) is 0 Å². The first-order valence-electron chi connectivity index (χ1n) is 6.88. The van der Waals surface area contributed by atoms with Crippen LogP contribution in [-0.4, -0.2) is 11.6 Å². The fraction of sp³-hybridized carbons (Fsp3) is 0.125. The third kappa shape index (κ3) is 6.42. The van der Waals surface area contributed by atoms with Gasteiger partial charge in [-0.15, -0.1) is 0 Å². The Morgan fingerprint density at radius 2 is 1.48 bits per heavy atom. The lowest BCUT2D eigenvalue weighted by atomic mass is 10.3. The fourth-order valence-corrected chi connectivity index (χ4v) is 2.20. The van der Waals surface area contributed by atoms with Gasteiger partial charge in [-0.2, -0.15) is 5.10 Å². The molecule has 3 N–H and O–H groups in total. The maximum atomic E-state index is 11.9. The van der Waals surface area contributed by atoms with Crippen LogP contribution < -0.4 is 16.3 Å². The van der Waals surface area contributed by atoms with E-state index in [1.54, 1.807) is 6.92 Å². The molecule has 0 aliphatic heterocycles. The van der Waals surface area contributed by atoms with E-state index in [0.717, 1.165) is 20.3 Å². The molecule has 0 bridgehead atoms. The summed E-state index contributed by atoms with van der Waals surface area (Å²) < 4.78 is 1.98. The van der Waals surface area contributed by atoms with Crippen molar-refractivity contribution in [3.63, 3.8) is 0 Å². The molecule has 0 spiro atoms. The van der Waals surface area contributed by atoms with Gasteiger partial charge in [0.2, 0.25) is 5.91 Å².